The molecule has 0 atom stereocenters. The Morgan fingerprint density at radius 1 is 0.224 bits per heavy atom. The molecule has 116 heavy (non-hydrogen) atoms. The number of nitrogens with zero attached hydrogens (tertiary/aromatic N) is 3. The molecule has 2 aliphatic rings. The molecule has 3 nitrogen and oxygen atoms in total. The van der Waals surface area contributed by atoms with Crippen LogP contribution >= 0.6 is 0 Å². The predicted octanol–water partition coefficient (Wildman–Crippen LogP) is 20.9. The zero-order valence-corrected chi connectivity index (χ0v) is 68.3. The number of benzene rings is 17. The van der Waals surface area contributed by atoms with Crippen LogP contribution in [0.1, 0.15) is 52.7 Å². The highest BCUT2D eigenvalue weighted by atomic mass is 28.3. The summed E-state index contributed by atoms with van der Waals surface area (Å²) in [5.74, 6) is 0. The Balaban J connectivity index is 0.982. The largest absolute Gasteiger partial charge is 0.311 e. The number of hydrogen-bond acceptors (Lipinski definition) is 2. The maximum atomic E-state index is 2.72. The van der Waals surface area contributed by atoms with Crippen LogP contribution in [0.3, 0.4) is 0 Å². The first kappa shape index (κ1) is 71.7. The molecule has 0 N–H and O–H groups in total. The molecule has 0 spiro atoms. The summed E-state index contributed by atoms with van der Waals surface area (Å²) in [6.45, 7) is 13.7. The lowest BCUT2D eigenvalue weighted by Crippen LogP contribution is -2.76. The van der Waals surface area contributed by atoms with Crippen molar-refractivity contribution in [2.75, 3.05) is 9.80 Å². The summed E-state index contributed by atoms with van der Waals surface area (Å²) in [5.41, 5.74) is 25.6. The number of aromatic nitrogens is 1. The van der Waals surface area contributed by atoms with Crippen molar-refractivity contribution in [3.8, 4) is 50.2 Å². The molecule has 554 valence electrons. The van der Waals surface area contributed by atoms with Gasteiger partial charge >= 0.3 is 0 Å². The van der Waals surface area contributed by atoms with Crippen molar-refractivity contribution >= 4 is 137 Å². The highest BCUT2D eigenvalue weighted by Crippen LogP contribution is 2.49. The van der Waals surface area contributed by atoms with Gasteiger partial charge in [-0.2, -0.15) is 0 Å². The Labute approximate surface area is 684 Å². The van der Waals surface area contributed by atoms with Crippen LogP contribution in [0.4, 0.5) is 34.1 Å². The Morgan fingerprint density at radius 3 is 1.00 bits per heavy atom. The van der Waals surface area contributed by atoms with Gasteiger partial charge in [-0.3, -0.25) is 0 Å². The molecular weight excluding hydrogens is 1430 g/mol. The van der Waals surface area contributed by atoms with E-state index in [1.807, 2.05) is 0 Å². The first-order valence-electron chi connectivity index (χ1n) is 40.8. The van der Waals surface area contributed by atoms with Gasteiger partial charge in [-0.25, -0.2) is 0 Å². The predicted molar refractivity (Wildman–Crippen MR) is 501 cm³/mol. The Kier molecular flexibility index (Phi) is 17.9. The summed E-state index contributed by atoms with van der Waals surface area (Å²) in [4.78, 5) is 5.43. The molecule has 18 aromatic rings. The molecule has 6 heteroatoms. The molecule has 2 aliphatic heterocycles. The van der Waals surface area contributed by atoms with Gasteiger partial charge < -0.3 is 14.4 Å². The fourth-order valence-electron chi connectivity index (χ4n) is 19.3. The molecule has 0 saturated carbocycles. The van der Waals surface area contributed by atoms with Gasteiger partial charge in [0.05, 0.1) is 22.4 Å². The molecule has 1 aromatic heterocycles. The van der Waals surface area contributed by atoms with Crippen LogP contribution in [-0.2, 0) is 10.8 Å². The van der Waals surface area contributed by atoms with E-state index in [9.17, 15) is 0 Å². The van der Waals surface area contributed by atoms with E-state index in [1.54, 1.807) is 0 Å². The molecule has 0 aliphatic carbocycles. The fourth-order valence-corrected chi connectivity index (χ4v) is 28.9. The van der Waals surface area contributed by atoms with Crippen molar-refractivity contribution in [3.63, 3.8) is 0 Å². The lowest BCUT2D eigenvalue weighted by atomic mass is 9.33. The summed E-state index contributed by atoms with van der Waals surface area (Å²) in [6, 6.07) is 163. The van der Waals surface area contributed by atoms with Crippen molar-refractivity contribution in [3.05, 3.63) is 436 Å². The Morgan fingerprint density at radius 2 is 0.578 bits per heavy atom. The van der Waals surface area contributed by atoms with Crippen molar-refractivity contribution in [1.82, 2.24) is 4.57 Å². The van der Waals surface area contributed by atoms with Gasteiger partial charge in [0.15, 0.2) is 16.1 Å². The average Bonchev–Trinajstić information content (AvgIpc) is 0.783. The SMILES string of the molecule is CC(C)(C)c1ccc2c3ccc(C(C)(C)C)cc3n(-c3ccc4c(c3)N(c3ccccc3-c3ccccc3)c3cc([Si](c5ccccc5)(c5ccccc5)c5cccc(-c6ccccc6)c5)cc5c3B4c3cc([Si](c4ccccc4)(c4ccccc4)c4cccc(-c6ccccc6)c4)ccc3N5c3ccccc3-c3ccccc3)c2c1. The third kappa shape index (κ3) is 12.0. The van der Waals surface area contributed by atoms with Crippen LogP contribution < -0.4 is 67.7 Å². The average molecular weight is 1520 g/mol. The smallest absolute Gasteiger partial charge is 0.252 e. The summed E-state index contributed by atoms with van der Waals surface area (Å²) >= 11 is 0. The van der Waals surface area contributed by atoms with Crippen molar-refractivity contribution < 1.29 is 0 Å². The zero-order chi connectivity index (χ0) is 78.3. The molecule has 17 aromatic carbocycles. The minimum Gasteiger partial charge on any atom is -0.311 e. The van der Waals surface area contributed by atoms with E-state index in [1.165, 1.54) is 113 Å². The number of anilines is 6. The molecule has 0 saturated heterocycles. The Bertz CT molecular complexity index is 6570. The maximum Gasteiger partial charge on any atom is 0.252 e. The molecule has 0 unspecified atom stereocenters. The Hall–Kier alpha value is -13.4. The highest BCUT2D eigenvalue weighted by molar-refractivity contribution is 7.21. The van der Waals surface area contributed by atoms with Gasteiger partial charge in [0.1, 0.15) is 0 Å². The number of hydrogen-bond donors (Lipinski definition) is 0. The lowest BCUT2D eigenvalue weighted by molar-refractivity contribution is 0.591. The van der Waals surface area contributed by atoms with Crippen LogP contribution in [0.5, 0.6) is 0 Å². The van der Waals surface area contributed by atoms with E-state index in [2.05, 4.69) is 481 Å². The molecule has 20 rings (SSSR count). The van der Waals surface area contributed by atoms with E-state index >= 15 is 0 Å². The zero-order valence-electron chi connectivity index (χ0n) is 66.3. The van der Waals surface area contributed by atoms with Gasteiger partial charge in [-0.15, -0.1) is 0 Å². The maximum absolute atomic E-state index is 3.55. The van der Waals surface area contributed by atoms with E-state index in [0.29, 0.717) is 0 Å². The topological polar surface area (TPSA) is 11.4 Å². The molecular formula is C110H88BN3Si2. The first-order chi connectivity index (χ1) is 56.8. The molecule has 0 bridgehead atoms. The minimum atomic E-state index is -3.55. The number of rotatable bonds is 15. The normalized spacial score (nSPS) is 12.7. The summed E-state index contributed by atoms with van der Waals surface area (Å²) < 4.78 is 2.61. The van der Waals surface area contributed by atoms with Crippen LogP contribution in [0, 0.1) is 0 Å². The van der Waals surface area contributed by atoms with Gasteiger partial charge in [0.25, 0.3) is 6.71 Å². The third-order valence-electron chi connectivity index (χ3n) is 24.8. The standard InChI is InChI=1S/C110H88BN3Si2/c1-109(2,3)83-61-65-96-97-66-62-84(110(4,5)6)72-104(97)112(103(96)71-83)85-63-67-98-105(73-85)114(101-60-34-32-58-95(101)80-43-21-10-22-44-80)107-76-93(116(88-51-27-13-28-52-88,89-53-29-14-30-54-89)91-56-36-46-82(70-91)78-39-17-8-18-40-78)75-106-108(107)111(98)99-74-92(64-68-102(99)113(106)100-59-33-31-57-94(100)79-41-19-9-20-42-79)115(86-47-23-11-24-48-86,87-49-25-12-26-50-87)90-55-35-45-81(69-90)77-37-15-7-16-38-77/h7-76H,1-6H3. The quantitative estimate of drug-likeness (QED) is 0.0749. The van der Waals surface area contributed by atoms with E-state index in [-0.39, 0.29) is 17.5 Å². The van der Waals surface area contributed by atoms with Crippen LogP contribution in [-0.4, -0.2) is 27.4 Å². The van der Waals surface area contributed by atoms with Crippen LogP contribution in [0.15, 0.2) is 425 Å². The van der Waals surface area contributed by atoms with Crippen molar-refractivity contribution in [1.29, 1.82) is 0 Å². The summed E-state index contributed by atoms with van der Waals surface area (Å²) in [6.07, 6.45) is 0. The van der Waals surface area contributed by atoms with Gasteiger partial charge in [0.2, 0.25) is 0 Å². The molecule has 0 amide bonds. The monoisotopic (exact) mass is 1520 g/mol. The molecule has 0 radical (unpaired) electrons. The van der Waals surface area contributed by atoms with Crippen LogP contribution in [0.2, 0.25) is 0 Å². The van der Waals surface area contributed by atoms with Crippen molar-refractivity contribution in [2.24, 2.45) is 0 Å². The summed E-state index contributed by atoms with van der Waals surface area (Å²) in [7, 11) is -6.91. The second kappa shape index (κ2) is 28.9. The third-order valence-corrected chi connectivity index (χ3v) is 34.3. The number of para-hydroxylation sites is 2. The first-order valence-corrected chi connectivity index (χ1v) is 44.8. The van der Waals surface area contributed by atoms with Gasteiger partial charge in [-0.05, 0) is 168 Å². The van der Waals surface area contributed by atoms with E-state index in [0.717, 1.165) is 62.1 Å². The number of fused-ring (bicyclic) bond motifs is 7. The lowest BCUT2D eigenvalue weighted by Gasteiger charge is -2.47. The molecule has 0 fully saturated rings. The van der Waals surface area contributed by atoms with Crippen molar-refractivity contribution in [2.45, 2.75) is 52.4 Å². The van der Waals surface area contributed by atoms with Crippen LogP contribution in [0.25, 0.3) is 72.0 Å². The second-order valence-corrected chi connectivity index (χ2v) is 41.1. The van der Waals surface area contributed by atoms with E-state index in [4.69, 9.17) is 0 Å². The molecule has 3 heterocycles. The summed E-state index contributed by atoms with van der Waals surface area (Å²) in [5, 5.41) is 12.9. The van der Waals surface area contributed by atoms with E-state index < -0.39 is 16.1 Å². The second-order valence-electron chi connectivity index (χ2n) is 33.5. The van der Waals surface area contributed by atoms with Gasteiger partial charge in [-0.1, -0.05) is 412 Å². The van der Waals surface area contributed by atoms with Gasteiger partial charge in [0, 0.05) is 50.3 Å². The highest BCUT2D eigenvalue weighted by Gasteiger charge is 2.50. The minimum absolute atomic E-state index is 0.116. The fraction of sp³-hybridized carbons (Fsp3) is 0.0727.